The highest BCUT2D eigenvalue weighted by Gasteiger charge is 2.56. The minimum absolute atomic E-state index is 0.0333. The summed E-state index contributed by atoms with van der Waals surface area (Å²) < 4.78 is 30.5. The number of nitrogens with zero attached hydrogens (tertiary/aromatic N) is 3. The van der Waals surface area contributed by atoms with Gasteiger partial charge >= 0.3 is 18.0 Å². The number of amides is 3. The fourth-order valence-electron chi connectivity index (χ4n) is 8.62. The molecule has 0 spiro atoms. The third-order valence-corrected chi connectivity index (χ3v) is 13.1. The SMILES string of the molecule is C=C1C(=O)O[C@H]2[C@H]1CCC(C)=C1CC[C@@](C)(OC(=O)CCCc3cn(CCOCCOCCOCCNC(=O)CCCC[C@H]4SC[C@H]5NC(=O)N[C@H]54)nn3)[C@@H]12. The number of aryl methyl sites for hydroxylation is 1. The molecule has 2 aliphatic carbocycles. The summed E-state index contributed by atoms with van der Waals surface area (Å²) in [6.07, 6.45) is 9.61. The van der Waals surface area contributed by atoms with Gasteiger partial charge in [-0.25, -0.2) is 14.3 Å². The van der Waals surface area contributed by atoms with Gasteiger partial charge in [0.2, 0.25) is 5.91 Å². The van der Waals surface area contributed by atoms with Crippen molar-refractivity contribution in [2.24, 2.45) is 11.8 Å². The zero-order chi connectivity index (χ0) is 38.8. The van der Waals surface area contributed by atoms with E-state index in [0.717, 1.165) is 50.0 Å². The molecule has 1 aromatic heterocycles. The molecule has 0 unspecified atom stereocenters. The highest BCUT2D eigenvalue weighted by Crippen LogP contribution is 2.53. The molecule has 3 aliphatic heterocycles. The largest absolute Gasteiger partial charge is 0.459 e. The molecule has 15 nitrogen and oxygen atoms in total. The summed E-state index contributed by atoms with van der Waals surface area (Å²) in [5, 5.41) is 17.7. The second-order valence-corrected chi connectivity index (χ2v) is 16.8. The second-order valence-electron chi connectivity index (χ2n) is 15.5. The van der Waals surface area contributed by atoms with Gasteiger partial charge < -0.3 is 39.6 Å². The number of hydrogen-bond donors (Lipinski definition) is 3. The first-order valence-corrected chi connectivity index (χ1v) is 21.0. The van der Waals surface area contributed by atoms with Gasteiger partial charge in [0.25, 0.3) is 0 Å². The molecule has 5 aliphatic rings. The van der Waals surface area contributed by atoms with Crippen LogP contribution in [0, 0.1) is 11.8 Å². The molecule has 7 atom stereocenters. The zero-order valence-corrected chi connectivity index (χ0v) is 33.1. The van der Waals surface area contributed by atoms with E-state index in [1.807, 2.05) is 24.9 Å². The number of aromatic nitrogens is 3. The number of esters is 2. The number of thioether (sulfide) groups is 1. The van der Waals surface area contributed by atoms with Gasteiger partial charge in [0.1, 0.15) is 11.7 Å². The molecule has 1 saturated carbocycles. The molecular formula is C39H58N6O9S. The van der Waals surface area contributed by atoms with Crippen LogP contribution in [0.1, 0.15) is 83.7 Å². The van der Waals surface area contributed by atoms with E-state index >= 15 is 0 Å². The maximum absolute atomic E-state index is 13.0. The molecule has 3 N–H and O–H groups in total. The smallest absolute Gasteiger partial charge is 0.334 e. The Labute approximate surface area is 327 Å². The van der Waals surface area contributed by atoms with Crippen molar-refractivity contribution in [2.45, 2.75) is 120 Å². The summed E-state index contributed by atoms with van der Waals surface area (Å²) in [7, 11) is 0. The average Bonchev–Trinajstić information content (AvgIpc) is 3.96. The number of hydrogen-bond acceptors (Lipinski definition) is 12. The number of fused-ring (bicyclic) bond motifs is 4. The summed E-state index contributed by atoms with van der Waals surface area (Å²) in [4.78, 5) is 49.0. The van der Waals surface area contributed by atoms with Gasteiger partial charge in [-0.05, 0) is 65.2 Å². The van der Waals surface area contributed by atoms with E-state index in [1.54, 1.807) is 4.68 Å². The molecule has 6 rings (SSSR count). The molecule has 4 heterocycles. The maximum atomic E-state index is 13.0. The Morgan fingerprint density at radius 2 is 1.84 bits per heavy atom. The molecule has 1 aromatic rings. The topological polar surface area (TPSA) is 181 Å². The van der Waals surface area contributed by atoms with E-state index in [9.17, 15) is 19.2 Å². The van der Waals surface area contributed by atoms with Gasteiger partial charge in [-0.1, -0.05) is 29.4 Å². The Morgan fingerprint density at radius 3 is 2.65 bits per heavy atom. The van der Waals surface area contributed by atoms with Crippen molar-refractivity contribution in [3.05, 3.63) is 35.2 Å². The lowest BCUT2D eigenvalue weighted by atomic mass is 9.79. The van der Waals surface area contributed by atoms with Gasteiger partial charge in [-0.2, -0.15) is 11.8 Å². The first kappa shape index (κ1) is 41.2. The van der Waals surface area contributed by atoms with Crippen LogP contribution in [0.5, 0.6) is 0 Å². The van der Waals surface area contributed by atoms with Crippen molar-refractivity contribution in [2.75, 3.05) is 51.9 Å². The first-order chi connectivity index (χ1) is 26.6. The fraction of sp³-hybridized carbons (Fsp3) is 0.744. The molecule has 304 valence electrons. The number of nitrogens with one attached hydrogen (secondary N) is 3. The lowest BCUT2D eigenvalue weighted by Gasteiger charge is -2.36. The van der Waals surface area contributed by atoms with Crippen LogP contribution in [0.15, 0.2) is 29.5 Å². The third kappa shape index (κ3) is 10.9. The number of urea groups is 1. The number of carbonyl (C=O) groups excluding carboxylic acids is 4. The lowest BCUT2D eigenvalue weighted by molar-refractivity contribution is -0.167. The molecule has 0 aromatic carbocycles. The van der Waals surface area contributed by atoms with Crippen LogP contribution in [0.25, 0.3) is 0 Å². The van der Waals surface area contributed by atoms with Crippen LogP contribution in [-0.4, -0.2) is 120 Å². The van der Waals surface area contributed by atoms with Crippen molar-refractivity contribution in [3.63, 3.8) is 0 Å². The molecule has 16 heteroatoms. The predicted molar refractivity (Wildman–Crippen MR) is 204 cm³/mol. The molecule has 3 saturated heterocycles. The summed E-state index contributed by atoms with van der Waals surface area (Å²) in [5.41, 5.74) is 3.22. The van der Waals surface area contributed by atoms with Crippen molar-refractivity contribution in [1.29, 1.82) is 0 Å². The Morgan fingerprint density at radius 1 is 1.05 bits per heavy atom. The Balaban J connectivity index is 0.741. The van der Waals surface area contributed by atoms with Gasteiger partial charge in [0.05, 0.1) is 69.9 Å². The Kier molecular flexibility index (Phi) is 14.7. The Hall–Kier alpha value is -3.47. The monoisotopic (exact) mass is 786 g/mol. The second kappa shape index (κ2) is 19.6. The first-order valence-electron chi connectivity index (χ1n) is 20.0. The number of unbranched alkanes of at least 4 members (excludes halogenated alkanes) is 1. The molecule has 3 amide bonds. The molecule has 55 heavy (non-hydrogen) atoms. The highest BCUT2D eigenvalue weighted by atomic mass is 32.2. The molecular weight excluding hydrogens is 729 g/mol. The predicted octanol–water partition coefficient (Wildman–Crippen LogP) is 3.41. The summed E-state index contributed by atoms with van der Waals surface area (Å²) in [6.45, 7) is 11.8. The summed E-state index contributed by atoms with van der Waals surface area (Å²) >= 11 is 1.90. The van der Waals surface area contributed by atoms with Gasteiger partial charge in [-0.15, -0.1) is 5.10 Å². The van der Waals surface area contributed by atoms with Crippen LogP contribution < -0.4 is 16.0 Å². The van der Waals surface area contributed by atoms with E-state index in [-0.39, 0.29) is 60.3 Å². The van der Waals surface area contributed by atoms with Crippen molar-refractivity contribution in [3.8, 4) is 0 Å². The Bertz CT molecular complexity index is 1570. The number of ether oxygens (including phenoxy) is 5. The van der Waals surface area contributed by atoms with Crippen LogP contribution in [-0.2, 0) is 51.0 Å². The van der Waals surface area contributed by atoms with Crippen molar-refractivity contribution in [1.82, 2.24) is 30.9 Å². The highest BCUT2D eigenvalue weighted by molar-refractivity contribution is 8.00. The van der Waals surface area contributed by atoms with E-state index < -0.39 is 5.60 Å². The summed E-state index contributed by atoms with van der Waals surface area (Å²) in [5.74, 6) is 0.243. The van der Waals surface area contributed by atoms with Gasteiger partial charge in [0.15, 0.2) is 0 Å². The number of carbonyl (C=O) groups is 4. The van der Waals surface area contributed by atoms with Crippen LogP contribution in [0.4, 0.5) is 4.79 Å². The van der Waals surface area contributed by atoms with Crippen LogP contribution in [0.2, 0.25) is 0 Å². The zero-order valence-electron chi connectivity index (χ0n) is 32.3. The minimum Gasteiger partial charge on any atom is -0.459 e. The lowest BCUT2D eigenvalue weighted by Crippen LogP contribution is -2.44. The normalized spacial score (nSPS) is 28.3. The van der Waals surface area contributed by atoms with E-state index in [1.165, 1.54) is 11.1 Å². The number of allylic oxidation sites excluding steroid dienone is 1. The molecule has 0 radical (unpaired) electrons. The minimum atomic E-state index is -0.717. The van der Waals surface area contributed by atoms with E-state index in [4.69, 9.17) is 23.7 Å². The van der Waals surface area contributed by atoms with Gasteiger partial charge in [-0.3, -0.25) is 9.59 Å². The van der Waals surface area contributed by atoms with Gasteiger partial charge in [0, 0.05) is 48.1 Å². The van der Waals surface area contributed by atoms with E-state index in [2.05, 4.69) is 39.8 Å². The van der Waals surface area contributed by atoms with E-state index in [0.29, 0.717) is 89.2 Å². The maximum Gasteiger partial charge on any atom is 0.334 e. The third-order valence-electron chi connectivity index (χ3n) is 11.6. The molecule has 4 fully saturated rings. The fourth-order valence-corrected chi connectivity index (χ4v) is 10.2. The average molecular weight is 787 g/mol. The van der Waals surface area contributed by atoms with Crippen molar-refractivity contribution >= 4 is 35.6 Å². The quantitative estimate of drug-likeness (QED) is 0.0514. The van der Waals surface area contributed by atoms with Crippen LogP contribution in [0.3, 0.4) is 0 Å². The summed E-state index contributed by atoms with van der Waals surface area (Å²) in [6, 6.07) is 0.384. The van der Waals surface area contributed by atoms with Crippen LogP contribution >= 0.6 is 11.8 Å². The molecule has 0 bridgehead atoms. The van der Waals surface area contributed by atoms with Crippen molar-refractivity contribution < 1.29 is 42.9 Å². The number of rotatable bonds is 22. The standard InChI is InChI=1S/C39H58N6O9S/c1-25-11-12-29-26(2)37(48)53-36(29)34-28(25)13-14-39(34,3)54-33(47)10-6-7-27-23-45(44-43-27)16-18-51-20-22-52-21-19-50-17-15-40-32(46)9-5-4-8-31-35-30(24-55-31)41-38(49)42-35/h23,29-31,34-36H,2,4-22,24H2,1,3H3,(H,40,46)(H2,41,42,49)/t29-,30+,31+,34-,35+,36-,39+/m0/s1.